The van der Waals surface area contributed by atoms with Crippen molar-refractivity contribution in [2.75, 3.05) is 0 Å². The van der Waals surface area contributed by atoms with Crippen molar-refractivity contribution in [1.82, 2.24) is 10.3 Å². The molecule has 0 saturated carbocycles. The van der Waals surface area contributed by atoms with Gasteiger partial charge in [-0.2, -0.15) is 0 Å². The van der Waals surface area contributed by atoms with E-state index in [9.17, 15) is 4.79 Å². The quantitative estimate of drug-likeness (QED) is 0.492. The number of nitrogens with zero attached hydrogens (tertiary/aromatic N) is 1. The van der Waals surface area contributed by atoms with Gasteiger partial charge in [-0.1, -0.05) is 54.6 Å². The molecule has 29 heavy (non-hydrogen) atoms. The molecule has 1 aromatic heterocycles. The minimum Gasteiger partial charge on any atom is -0.489 e. The number of benzene rings is 3. The summed E-state index contributed by atoms with van der Waals surface area (Å²) in [6, 6.07) is 25.3. The van der Waals surface area contributed by atoms with Crippen LogP contribution in [0.2, 0.25) is 0 Å². The highest BCUT2D eigenvalue weighted by atomic mass is 16.5. The molecule has 0 saturated heterocycles. The molecule has 0 radical (unpaired) electrons. The monoisotopic (exact) mass is 382 g/mol. The summed E-state index contributed by atoms with van der Waals surface area (Å²) < 4.78 is 5.80. The molecule has 4 nitrogen and oxygen atoms in total. The predicted molar refractivity (Wildman–Crippen MR) is 115 cm³/mol. The summed E-state index contributed by atoms with van der Waals surface area (Å²) in [5, 5.41) is 5.11. The van der Waals surface area contributed by atoms with Crippen molar-refractivity contribution in [1.29, 1.82) is 0 Å². The van der Waals surface area contributed by atoms with Gasteiger partial charge in [0.25, 0.3) is 5.91 Å². The number of fused-ring (bicyclic) bond motifs is 1. The summed E-state index contributed by atoms with van der Waals surface area (Å²) in [5.74, 6) is 0.705. The lowest BCUT2D eigenvalue weighted by molar-refractivity contribution is 0.0941. The van der Waals surface area contributed by atoms with Gasteiger partial charge >= 0.3 is 0 Å². The fraction of sp³-hybridized carbons (Fsp3) is 0.120. The van der Waals surface area contributed by atoms with Crippen molar-refractivity contribution in [3.05, 3.63) is 108 Å². The van der Waals surface area contributed by atoms with Crippen LogP contribution in [0.4, 0.5) is 0 Å². The van der Waals surface area contributed by atoms with Gasteiger partial charge in [-0.3, -0.25) is 9.78 Å². The molecule has 1 atom stereocenters. The molecule has 0 aliphatic heterocycles. The first-order valence-electron chi connectivity index (χ1n) is 9.61. The van der Waals surface area contributed by atoms with Crippen molar-refractivity contribution in [3.8, 4) is 5.75 Å². The maximum absolute atomic E-state index is 12.8. The van der Waals surface area contributed by atoms with Gasteiger partial charge in [0, 0.05) is 23.5 Å². The van der Waals surface area contributed by atoms with Crippen molar-refractivity contribution in [2.45, 2.75) is 19.6 Å². The summed E-state index contributed by atoms with van der Waals surface area (Å²) >= 11 is 0. The molecule has 0 aliphatic carbocycles. The molecule has 4 aromatic rings. The second-order valence-electron chi connectivity index (χ2n) is 6.94. The van der Waals surface area contributed by atoms with Gasteiger partial charge in [0.1, 0.15) is 12.4 Å². The van der Waals surface area contributed by atoms with Gasteiger partial charge in [0.15, 0.2) is 0 Å². The van der Waals surface area contributed by atoms with E-state index in [-0.39, 0.29) is 11.9 Å². The third-order valence-electron chi connectivity index (χ3n) is 4.89. The Bertz CT molecular complexity index is 1100. The molecule has 1 heterocycles. The lowest BCUT2D eigenvalue weighted by Crippen LogP contribution is -2.26. The first-order chi connectivity index (χ1) is 14.2. The molecule has 1 unspecified atom stereocenters. The van der Waals surface area contributed by atoms with E-state index in [4.69, 9.17) is 4.74 Å². The maximum atomic E-state index is 12.8. The van der Waals surface area contributed by atoms with E-state index in [1.807, 2.05) is 85.8 Å². The number of carbonyl (C=O) groups excluding carboxylic acids is 1. The normalized spacial score (nSPS) is 11.8. The highest BCUT2D eigenvalue weighted by Gasteiger charge is 2.14. The molecule has 0 aliphatic rings. The Balaban J connectivity index is 1.41. The molecule has 1 N–H and O–H groups in total. The van der Waals surface area contributed by atoms with Gasteiger partial charge in [-0.25, -0.2) is 0 Å². The zero-order valence-corrected chi connectivity index (χ0v) is 16.2. The second kappa shape index (κ2) is 8.57. The summed E-state index contributed by atoms with van der Waals surface area (Å²) in [7, 11) is 0. The van der Waals surface area contributed by atoms with Gasteiger partial charge in [-0.15, -0.1) is 0 Å². The number of amides is 1. The Labute approximate surface area is 170 Å². The first-order valence-corrected chi connectivity index (χ1v) is 9.61. The zero-order valence-electron chi connectivity index (χ0n) is 16.2. The van der Waals surface area contributed by atoms with Crippen LogP contribution in [0.3, 0.4) is 0 Å². The first kappa shape index (κ1) is 18.7. The number of hydrogen-bond acceptors (Lipinski definition) is 3. The molecule has 0 spiro atoms. The lowest BCUT2D eigenvalue weighted by atomic mass is 10.0. The van der Waals surface area contributed by atoms with Gasteiger partial charge < -0.3 is 10.1 Å². The number of hydrogen-bond donors (Lipinski definition) is 1. The Hall–Kier alpha value is -3.66. The van der Waals surface area contributed by atoms with E-state index in [1.165, 1.54) is 0 Å². The molecule has 1 amide bonds. The fourth-order valence-electron chi connectivity index (χ4n) is 3.28. The molecular formula is C25H22N2O2. The highest BCUT2D eigenvalue weighted by Crippen LogP contribution is 2.21. The fourth-order valence-corrected chi connectivity index (χ4v) is 3.28. The van der Waals surface area contributed by atoms with E-state index >= 15 is 0 Å². The number of nitrogens with one attached hydrogen (secondary N) is 1. The average Bonchev–Trinajstić information content (AvgIpc) is 2.78. The maximum Gasteiger partial charge on any atom is 0.252 e. The van der Waals surface area contributed by atoms with Crippen LogP contribution in [-0.4, -0.2) is 10.9 Å². The highest BCUT2D eigenvalue weighted by molar-refractivity contribution is 6.07. The van der Waals surface area contributed by atoms with Crippen LogP contribution in [0, 0.1) is 0 Å². The van der Waals surface area contributed by atoms with E-state index < -0.39 is 0 Å². The molecule has 4 rings (SSSR count). The number of ether oxygens (including phenoxy) is 1. The van der Waals surface area contributed by atoms with Crippen LogP contribution in [0.1, 0.15) is 34.5 Å². The number of rotatable bonds is 6. The topological polar surface area (TPSA) is 51.2 Å². The Morgan fingerprint density at radius 2 is 1.76 bits per heavy atom. The number of pyridine rings is 1. The SMILES string of the molecule is CC(NC(=O)c1cccc2ccccc12)c1ccc(OCc2cccnc2)cc1. The molecule has 0 fully saturated rings. The van der Waals surface area contributed by atoms with Crippen LogP contribution >= 0.6 is 0 Å². The van der Waals surface area contributed by atoms with Crippen LogP contribution in [0.15, 0.2) is 91.3 Å². The Morgan fingerprint density at radius 3 is 2.55 bits per heavy atom. The lowest BCUT2D eigenvalue weighted by Gasteiger charge is -2.16. The largest absolute Gasteiger partial charge is 0.489 e. The van der Waals surface area contributed by atoms with E-state index in [1.54, 1.807) is 12.4 Å². The van der Waals surface area contributed by atoms with Crippen molar-refractivity contribution >= 4 is 16.7 Å². The summed E-state index contributed by atoms with van der Waals surface area (Å²) in [4.78, 5) is 16.9. The van der Waals surface area contributed by atoms with Crippen LogP contribution < -0.4 is 10.1 Å². The van der Waals surface area contributed by atoms with Gasteiger partial charge in [-0.05, 0) is 47.5 Å². The average molecular weight is 382 g/mol. The van der Waals surface area contributed by atoms with Crippen molar-refractivity contribution < 1.29 is 9.53 Å². The van der Waals surface area contributed by atoms with Gasteiger partial charge in [0.2, 0.25) is 0 Å². The summed E-state index contributed by atoms with van der Waals surface area (Å²) in [6.45, 7) is 2.45. The summed E-state index contributed by atoms with van der Waals surface area (Å²) in [6.07, 6.45) is 3.53. The number of carbonyl (C=O) groups is 1. The smallest absolute Gasteiger partial charge is 0.252 e. The second-order valence-corrected chi connectivity index (χ2v) is 6.94. The van der Waals surface area contributed by atoms with E-state index in [0.717, 1.165) is 27.6 Å². The zero-order chi connectivity index (χ0) is 20.1. The van der Waals surface area contributed by atoms with Crippen molar-refractivity contribution in [3.63, 3.8) is 0 Å². The molecule has 4 heteroatoms. The van der Waals surface area contributed by atoms with E-state index in [0.29, 0.717) is 12.2 Å². The number of aromatic nitrogens is 1. The Morgan fingerprint density at radius 1 is 0.966 bits per heavy atom. The minimum absolute atomic E-state index is 0.0776. The standard InChI is InChI=1S/C25H22N2O2/c1-18(27-25(28)24-10-4-8-21-7-2-3-9-23(21)24)20-11-13-22(14-12-20)29-17-19-6-5-15-26-16-19/h2-16,18H,17H2,1H3,(H,27,28). The third-order valence-corrected chi connectivity index (χ3v) is 4.89. The molecule has 144 valence electrons. The Kier molecular flexibility index (Phi) is 5.52. The minimum atomic E-state index is -0.117. The third kappa shape index (κ3) is 4.43. The van der Waals surface area contributed by atoms with Crippen LogP contribution in [0.25, 0.3) is 10.8 Å². The van der Waals surface area contributed by atoms with Crippen LogP contribution in [-0.2, 0) is 6.61 Å². The van der Waals surface area contributed by atoms with Crippen molar-refractivity contribution in [2.24, 2.45) is 0 Å². The summed E-state index contributed by atoms with van der Waals surface area (Å²) in [5.41, 5.74) is 2.73. The van der Waals surface area contributed by atoms with E-state index in [2.05, 4.69) is 10.3 Å². The molecular weight excluding hydrogens is 360 g/mol. The van der Waals surface area contributed by atoms with Gasteiger partial charge in [0.05, 0.1) is 6.04 Å². The predicted octanol–water partition coefficient (Wildman–Crippen LogP) is 5.30. The molecule has 0 bridgehead atoms. The molecule has 3 aromatic carbocycles. The van der Waals surface area contributed by atoms with Crippen LogP contribution in [0.5, 0.6) is 5.75 Å².